The average Bonchev–Trinajstić information content (AvgIpc) is 2.97. The number of nitrogens with one attached hydrogen (secondary N) is 1. The SMILES string of the molecule is O[C@@H](CCN1c2ccccc2N(c2ccccc2F)S1(O)O)CNC1CCCCC1. The Labute approximate surface area is 178 Å². The summed E-state index contributed by atoms with van der Waals surface area (Å²) in [6, 6.07) is 13.7. The van der Waals surface area contributed by atoms with E-state index in [-0.39, 0.29) is 12.2 Å². The zero-order chi connectivity index (χ0) is 21.1. The molecule has 4 rings (SSSR count). The number of nitrogens with zero attached hydrogens (tertiary/aromatic N) is 2. The van der Waals surface area contributed by atoms with Crippen molar-refractivity contribution in [3.63, 3.8) is 0 Å². The van der Waals surface area contributed by atoms with Gasteiger partial charge in [-0.25, -0.2) is 8.70 Å². The van der Waals surface area contributed by atoms with E-state index in [0.29, 0.717) is 30.4 Å². The number of benzene rings is 2. The quantitative estimate of drug-likeness (QED) is 0.488. The molecule has 1 aliphatic carbocycles. The third-order valence-electron chi connectivity index (χ3n) is 5.89. The van der Waals surface area contributed by atoms with Crippen LogP contribution in [0.5, 0.6) is 0 Å². The Kier molecular flexibility index (Phi) is 6.50. The second-order valence-electron chi connectivity index (χ2n) is 8.01. The van der Waals surface area contributed by atoms with Gasteiger partial charge in [-0.05, 0) is 54.5 Å². The van der Waals surface area contributed by atoms with E-state index in [4.69, 9.17) is 0 Å². The van der Waals surface area contributed by atoms with E-state index >= 15 is 0 Å². The molecule has 2 aromatic carbocycles. The fourth-order valence-electron chi connectivity index (χ4n) is 4.31. The van der Waals surface area contributed by atoms with Gasteiger partial charge in [0.15, 0.2) is 0 Å². The summed E-state index contributed by atoms with van der Waals surface area (Å²) in [5, 5.41) is 13.9. The molecule has 0 aromatic heterocycles. The molecule has 0 radical (unpaired) electrons. The smallest absolute Gasteiger partial charge is 0.148 e. The molecule has 1 atom stereocenters. The van der Waals surface area contributed by atoms with Gasteiger partial charge in [0.1, 0.15) is 11.5 Å². The van der Waals surface area contributed by atoms with Gasteiger partial charge < -0.3 is 10.4 Å². The van der Waals surface area contributed by atoms with Crippen LogP contribution < -0.4 is 13.9 Å². The molecule has 1 saturated carbocycles. The van der Waals surface area contributed by atoms with Crippen molar-refractivity contribution in [2.45, 2.75) is 50.7 Å². The largest absolute Gasteiger partial charge is 0.392 e. The van der Waals surface area contributed by atoms with Crippen molar-refractivity contribution in [3.05, 3.63) is 54.3 Å². The number of aliphatic hydroxyl groups is 1. The fourth-order valence-corrected chi connectivity index (χ4v) is 6.10. The molecule has 30 heavy (non-hydrogen) atoms. The lowest BCUT2D eigenvalue weighted by atomic mass is 9.95. The van der Waals surface area contributed by atoms with Crippen LogP contribution in [-0.2, 0) is 0 Å². The van der Waals surface area contributed by atoms with E-state index in [1.165, 1.54) is 40.0 Å². The molecule has 2 aliphatic rings. The number of halogens is 1. The standard InChI is InChI=1S/C22H30FN3O3S/c23-19-10-4-5-11-20(19)26-22-13-7-6-12-21(22)25(30(26,28)29)15-14-18(27)16-24-17-8-2-1-3-9-17/h4-7,10-13,17-18,24,27-29H,1-3,8-9,14-16H2/t18-/m0/s1. The maximum Gasteiger partial charge on any atom is 0.148 e. The summed E-state index contributed by atoms with van der Waals surface area (Å²) in [7, 11) is -3.50. The van der Waals surface area contributed by atoms with Crippen LogP contribution in [-0.4, -0.2) is 39.4 Å². The summed E-state index contributed by atoms with van der Waals surface area (Å²) in [6.45, 7) is 0.730. The van der Waals surface area contributed by atoms with Crippen molar-refractivity contribution in [1.82, 2.24) is 5.32 Å². The summed E-state index contributed by atoms with van der Waals surface area (Å²) in [5.41, 5.74) is 1.28. The van der Waals surface area contributed by atoms with Gasteiger partial charge >= 0.3 is 0 Å². The van der Waals surface area contributed by atoms with Gasteiger partial charge in [0.2, 0.25) is 0 Å². The predicted molar refractivity (Wildman–Crippen MR) is 121 cm³/mol. The average molecular weight is 436 g/mol. The zero-order valence-electron chi connectivity index (χ0n) is 17.0. The Hall–Kier alpha value is -1.84. The van der Waals surface area contributed by atoms with E-state index in [9.17, 15) is 18.6 Å². The number of para-hydroxylation sites is 3. The lowest BCUT2D eigenvalue weighted by Gasteiger charge is -2.44. The summed E-state index contributed by atoms with van der Waals surface area (Å²) < 4.78 is 39.4. The van der Waals surface area contributed by atoms with E-state index in [0.717, 1.165) is 12.8 Å². The third-order valence-corrected chi connectivity index (χ3v) is 7.75. The van der Waals surface area contributed by atoms with Gasteiger partial charge in [0, 0.05) is 19.1 Å². The number of anilines is 3. The molecule has 164 valence electrons. The van der Waals surface area contributed by atoms with E-state index in [1.807, 2.05) is 6.07 Å². The molecule has 0 unspecified atom stereocenters. The Bertz CT molecular complexity index is 863. The minimum atomic E-state index is -3.50. The first kappa shape index (κ1) is 21.4. The molecule has 8 heteroatoms. The molecule has 0 amide bonds. The lowest BCUT2D eigenvalue weighted by molar-refractivity contribution is 0.156. The van der Waals surface area contributed by atoms with Crippen LogP contribution in [0.25, 0.3) is 0 Å². The van der Waals surface area contributed by atoms with Crippen LogP contribution in [0.1, 0.15) is 38.5 Å². The fraction of sp³-hybridized carbons (Fsp3) is 0.455. The normalized spacial score (nSPS) is 20.8. The lowest BCUT2D eigenvalue weighted by Crippen LogP contribution is -2.39. The van der Waals surface area contributed by atoms with Gasteiger partial charge in [-0.2, -0.15) is 0 Å². The topological polar surface area (TPSA) is 79.2 Å². The highest BCUT2D eigenvalue weighted by Gasteiger charge is 2.42. The molecule has 2 aromatic rings. The molecular weight excluding hydrogens is 405 g/mol. The number of hydrogen-bond acceptors (Lipinski definition) is 6. The van der Waals surface area contributed by atoms with Crippen LogP contribution in [0, 0.1) is 5.82 Å². The van der Waals surface area contributed by atoms with Crippen LogP contribution >= 0.6 is 11.0 Å². The summed E-state index contributed by atoms with van der Waals surface area (Å²) >= 11 is 0. The number of hydrogen-bond donors (Lipinski definition) is 4. The van der Waals surface area contributed by atoms with Gasteiger partial charge in [-0.1, -0.05) is 43.5 Å². The Morgan fingerprint density at radius 3 is 2.30 bits per heavy atom. The molecule has 0 saturated heterocycles. The summed E-state index contributed by atoms with van der Waals surface area (Å²) in [4.78, 5) is 0. The number of aliphatic hydroxyl groups excluding tert-OH is 1. The molecule has 1 aliphatic heterocycles. The molecule has 0 spiro atoms. The molecule has 1 fully saturated rings. The molecule has 1 heterocycles. The van der Waals surface area contributed by atoms with Crippen LogP contribution in [0.3, 0.4) is 0 Å². The van der Waals surface area contributed by atoms with Crippen LogP contribution in [0.4, 0.5) is 21.5 Å². The molecule has 6 nitrogen and oxygen atoms in total. The minimum absolute atomic E-state index is 0.118. The number of rotatable bonds is 7. The van der Waals surface area contributed by atoms with Crippen molar-refractivity contribution < 1.29 is 18.6 Å². The van der Waals surface area contributed by atoms with Crippen molar-refractivity contribution in [2.75, 3.05) is 21.7 Å². The van der Waals surface area contributed by atoms with Gasteiger partial charge in [0.25, 0.3) is 0 Å². The van der Waals surface area contributed by atoms with Crippen molar-refractivity contribution in [1.29, 1.82) is 0 Å². The number of fused-ring (bicyclic) bond motifs is 1. The molecular formula is C22H30FN3O3S. The monoisotopic (exact) mass is 435 g/mol. The predicted octanol–water partition coefficient (Wildman–Crippen LogP) is 5.04. The summed E-state index contributed by atoms with van der Waals surface area (Å²) in [6.07, 6.45) is 5.79. The maximum atomic E-state index is 14.5. The molecule has 0 bridgehead atoms. The maximum absolute atomic E-state index is 14.5. The van der Waals surface area contributed by atoms with E-state index < -0.39 is 22.9 Å². The van der Waals surface area contributed by atoms with Crippen molar-refractivity contribution in [2.24, 2.45) is 0 Å². The second kappa shape index (κ2) is 9.11. The highest BCUT2D eigenvalue weighted by atomic mass is 32.3. The van der Waals surface area contributed by atoms with E-state index in [2.05, 4.69) is 5.32 Å². The Morgan fingerprint density at radius 2 is 1.60 bits per heavy atom. The van der Waals surface area contributed by atoms with E-state index in [1.54, 1.807) is 30.3 Å². The molecule has 4 N–H and O–H groups in total. The van der Waals surface area contributed by atoms with Gasteiger partial charge in [0.05, 0.1) is 17.5 Å². The second-order valence-corrected chi connectivity index (χ2v) is 9.80. The Balaban J connectivity index is 1.47. The van der Waals surface area contributed by atoms with Crippen molar-refractivity contribution in [3.8, 4) is 0 Å². The highest BCUT2D eigenvalue weighted by molar-refractivity contribution is 8.27. The summed E-state index contributed by atoms with van der Waals surface area (Å²) in [5.74, 6) is -0.522. The van der Waals surface area contributed by atoms with Crippen LogP contribution in [0.15, 0.2) is 48.5 Å². The van der Waals surface area contributed by atoms with Gasteiger partial charge in [-0.15, -0.1) is 0 Å². The first-order chi connectivity index (χ1) is 14.5. The highest BCUT2D eigenvalue weighted by Crippen LogP contribution is 2.64. The zero-order valence-corrected chi connectivity index (χ0v) is 17.8. The van der Waals surface area contributed by atoms with Crippen LogP contribution in [0.2, 0.25) is 0 Å². The first-order valence-corrected chi connectivity index (χ1v) is 12.1. The van der Waals surface area contributed by atoms with Gasteiger partial charge in [-0.3, -0.25) is 13.4 Å². The first-order valence-electron chi connectivity index (χ1n) is 10.6. The Morgan fingerprint density at radius 1 is 0.967 bits per heavy atom. The third kappa shape index (κ3) is 4.29. The minimum Gasteiger partial charge on any atom is -0.392 e. The van der Waals surface area contributed by atoms with Crippen molar-refractivity contribution >= 4 is 28.0 Å².